The van der Waals surface area contributed by atoms with E-state index in [9.17, 15) is 0 Å². The molecule has 1 atom stereocenters. The Morgan fingerprint density at radius 3 is 0.614 bits per heavy atom. The summed E-state index contributed by atoms with van der Waals surface area (Å²) in [6, 6.07) is 36.6. The number of amidine groups is 4. The van der Waals surface area contributed by atoms with Crippen molar-refractivity contribution >= 4 is 56.5 Å². The molecule has 0 saturated carbocycles. The molecule has 6 aliphatic heterocycles. The molecule has 1 spiro atoms. The second kappa shape index (κ2) is 306. The third-order valence-corrected chi connectivity index (χ3v) is 9.52. The van der Waals surface area contributed by atoms with Crippen LogP contribution < -0.4 is 11.0 Å². The van der Waals surface area contributed by atoms with Gasteiger partial charge in [-0.15, -0.1) is 47.5 Å². The molecule has 6 aromatic rings. The standard InChI is InChI=1S/C35H14N8.84Y/c1-17-9-7-15-23-25(17)33-38-29-21-13-5-6-14-22(21)30-39-34-26-18(2)10-8-16-24(26)32-37-28-20-12-4-3-11-19(20)27-36-31(23)42(33)35(40(27)28,41(29)30)43(32)34;;;;;;;;;;;;;;;;;;;;;;;;;;;;;;;;;;;;;;;;;;;;;;;;;;;;;;;;;;;;;;;;;;;;;;;;;;;;;;;;;;;;/h3-10H,1-2H3;;;;;;;;;;;;;;;;;;;;;;;;;;;;;;;;;;;;;;;;;;;;;;;;;;;;;;;;;;;;;;;;;;;;;;;;;;;;;;;;;;;;/q-4;;;;;;;;;;;;;;;;;;;;;;;;;;;;;;;;;;;;;;;;;;;;;;;;;;;;;;;;;;;;;;;;;;;;;;;;;;;;;;;;;;;;. The Morgan fingerprint density at radius 2 is 0.386 bits per heavy atom. The number of aliphatic imine (C=N–C) groups is 2. The summed E-state index contributed by atoms with van der Waals surface area (Å²) in [7, 11) is 0. The molecular formula is C35H14N8Y84-4. The average Bonchev–Trinajstić information content (AvgIpc) is 3.74. The number of rotatable bonds is 0. The smallest absolute Gasteiger partial charge is 0.253 e. The number of nitrogens with zero attached hydrogens (tertiary/aromatic N) is 8. The Hall–Kier alpha value is 87.0. The summed E-state index contributed by atoms with van der Waals surface area (Å²) in [4.78, 5) is 21.5. The van der Waals surface area contributed by atoms with Gasteiger partial charge in [-0.3, -0.25) is 9.15 Å². The van der Waals surface area contributed by atoms with Gasteiger partial charge >= 0.3 is 5.91 Å². The van der Waals surface area contributed by atoms with E-state index in [4.69, 9.17) is 20.0 Å². The molecule has 450 valence electrons. The van der Waals surface area contributed by atoms with Crippen LogP contribution in [0.2, 0.25) is 0 Å². The average molecular weight is 8010 g/mol. The van der Waals surface area contributed by atoms with Gasteiger partial charge in [-0.2, -0.15) is 42.2 Å². The Balaban J connectivity index is -0.00000000489. The molecular weight excluding hydrogens is 8000 g/mol. The second-order valence-electron chi connectivity index (χ2n) is 11.5. The van der Waals surface area contributed by atoms with E-state index in [0.717, 1.165) is 101 Å². The molecule has 0 bridgehead atoms. The first-order chi connectivity index (χ1) is 21.2. The molecule has 0 saturated heterocycles. The van der Waals surface area contributed by atoms with Crippen molar-refractivity contribution in [3.8, 4) is 0 Å². The van der Waals surface area contributed by atoms with Crippen molar-refractivity contribution in [2.75, 3.05) is 0 Å². The molecule has 6 aliphatic rings. The van der Waals surface area contributed by atoms with Crippen molar-refractivity contribution in [2.45, 2.75) is 19.8 Å². The van der Waals surface area contributed by atoms with Gasteiger partial charge in [-0.1, -0.05) is 24.6 Å². The van der Waals surface area contributed by atoms with Gasteiger partial charge in [0.15, 0.2) is 11.3 Å². The second-order valence-corrected chi connectivity index (χ2v) is 11.5. The number of hydrogen-bond donors (Lipinski definition) is 0. The summed E-state index contributed by atoms with van der Waals surface area (Å²) >= 11 is 0. The van der Waals surface area contributed by atoms with Crippen molar-refractivity contribution in [2.24, 2.45) is 20.0 Å². The van der Waals surface area contributed by atoms with E-state index in [1.54, 1.807) is 0 Å². The quantitative estimate of drug-likeness (QED) is 0.166. The fourth-order valence-corrected chi connectivity index (χ4v) is 7.91. The van der Waals surface area contributed by atoms with Crippen LogP contribution in [0.5, 0.6) is 0 Å². The Morgan fingerprint density at radius 1 is 0.197 bits per heavy atom. The third-order valence-electron chi connectivity index (χ3n) is 9.52. The molecule has 0 fully saturated rings. The molecule has 92 heteroatoms. The van der Waals surface area contributed by atoms with E-state index in [2.05, 4.69) is 80.7 Å². The first-order valence-electron chi connectivity index (χ1n) is 14.1. The summed E-state index contributed by atoms with van der Waals surface area (Å²) in [5.41, 5.74) is 7.31. The number of aryl methyl sites for hydroxylation is 2. The fourth-order valence-electron chi connectivity index (χ4n) is 7.91. The van der Waals surface area contributed by atoms with Crippen LogP contribution in [0, 0.1) is 50.2 Å². The summed E-state index contributed by atoms with van der Waals surface area (Å²) in [6.45, 7) is 4.25. The molecule has 0 N–H and O–H groups in total. The monoisotopic (exact) mass is 8010 g/mol. The van der Waals surface area contributed by atoms with Gasteiger partial charge in [0, 0.05) is 2750 Å². The Kier molecular flexibility index (Phi) is 1170. The number of fused-ring (bicyclic) bond motifs is 12. The molecule has 1 unspecified atom stereocenters. The maximum Gasteiger partial charge on any atom is 0.352 e. The zero-order valence-electron chi connectivity index (χ0n) is 71.2. The van der Waals surface area contributed by atoms with Crippen molar-refractivity contribution in [1.29, 1.82) is 0 Å². The minimum Gasteiger partial charge on any atom is -0.253 e. The van der Waals surface area contributed by atoms with Crippen molar-refractivity contribution in [3.63, 3.8) is 0 Å². The van der Waals surface area contributed by atoms with Gasteiger partial charge in [-0.25, -0.2) is 57.7 Å². The molecule has 4 aromatic carbocycles. The summed E-state index contributed by atoms with van der Waals surface area (Å²) in [5, 5.41) is 3.90. The van der Waals surface area contributed by atoms with Crippen LogP contribution in [-0.2, 0) is 2750 Å². The molecule has 8 heterocycles. The molecule has 0 aliphatic carbocycles. The molecule has 8 nitrogen and oxygen atoms in total. The molecule has 84 radical (unpaired) electrons. The SMILES string of the molecule is Cc1cc[c-]c2c3n4c(c12)N=C1c2[c-]cc[c-]c2C2=[N+]1C41n4c(c5[c-]ccc(C)c5c4=N2)=NC2=[N+]1C(=N3)c1[c-]cc[c-]c12.[Y].[Y].[Y].[Y].[Y].[Y].[Y].[Y].[Y].[Y].[Y].[Y].[Y].[Y].[Y].[Y].[Y].[Y].[Y].[Y].[Y].[Y].[Y].[Y].[Y].[Y].[Y].[Y].[Y].[Y].[Y].[Y].[Y].[Y].[Y].[Y].[Y].[Y].[Y].[Y].[Y].[Y].[Y].[Y].[Y].[Y].[Y].[Y].[Y].[Y].[Y].[Y].[Y].[Y].[Y].[Y].[Y].[Y].[Y].[Y].[Y].[Y].[Y].[Y].[Y].[Y].[Y].[Y].[Y].[Y].[Y].[Y].[Y].[Y].[Y].[Y].[Y].[Y].[Y].[Y].[Y].[Y].[Y].[Y]. The van der Waals surface area contributed by atoms with E-state index in [1.807, 2.05) is 36.4 Å². The number of benzene rings is 4. The van der Waals surface area contributed by atoms with Crippen molar-refractivity contribution in [1.82, 2.24) is 9.13 Å². The van der Waals surface area contributed by atoms with Crippen LogP contribution in [0.15, 0.2) is 68.5 Å². The predicted molar refractivity (Wildman–Crippen MR) is 156 cm³/mol. The number of hydrogen-bond acceptors (Lipinski definition) is 4. The van der Waals surface area contributed by atoms with E-state index in [0.29, 0.717) is 0 Å². The zero-order valence-corrected chi connectivity index (χ0v) is 310. The maximum absolute atomic E-state index is 5.40. The Bertz CT molecular complexity index is 2860. The molecule has 127 heavy (non-hydrogen) atoms. The van der Waals surface area contributed by atoms with Crippen LogP contribution in [0.3, 0.4) is 0 Å². The Labute approximate surface area is 2880 Å². The molecule has 0 amide bonds. The minimum absolute atomic E-state index is 0. The molecule has 2 aromatic heterocycles. The summed E-state index contributed by atoms with van der Waals surface area (Å²) in [5.74, 6) is 3.62. The number of aromatic nitrogens is 2. The first kappa shape index (κ1) is 488. The van der Waals surface area contributed by atoms with E-state index in [-0.39, 0.29) is 2750 Å². The van der Waals surface area contributed by atoms with Crippen LogP contribution in [-0.4, -0.2) is 41.6 Å². The van der Waals surface area contributed by atoms with Gasteiger partial charge in [0.05, 0.1) is 0 Å². The van der Waals surface area contributed by atoms with E-state index in [1.165, 1.54) is 0 Å². The maximum atomic E-state index is 5.40. The van der Waals surface area contributed by atoms with E-state index < -0.39 is 5.91 Å². The minimum atomic E-state index is -1.06. The van der Waals surface area contributed by atoms with Gasteiger partial charge in [0.2, 0.25) is 0 Å². The summed E-state index contributed by atoms with van der Waals surface area (Å²) < 4.78 is 8.98. The first-order valence-corrected chi connectivity index (χ1v) is 14.1. The summed E-state index contributed by atoms with van der Waals surface area (Å²) in [6.07, 6.45) is 0. The molecule has 12 rings (SSSR count). The van der Waals surface area contributed by atoms with Crippen molar-refractivity contribution < 1.29 is 2760 Å². The van der Waals surface area contributed by atoms with Crippen LogP contribution >= 0.6 is 0 Å². The van der Waals surface area contributed by atoms with Gasteiger partial charge in [0.1, 0.15) is 34.6 Å². The normalized spacial score (nSPS) is 6.91. The zero-order chi connectivity index (χ0) is 27.9. The van der Waals surface area contributed by atoms with Gasteiger partial charge in [-0.05, 0) is 10.8 Å². The van der Waals surface area contributed by atoms with Gasteiger partial charge < -0.3 is 0 Å². The van der Waals surface area contributed by atoms with Crippen LogP contribution in [0.25, 0.3) is 21.5 Å². The van der Waals surface area contributed by atoms with Gasteiger partial charge in [0.25, 0.3) is 0 Å². The van der Waals surface area contributed by atoms with Crippen LogP contribution in [0.4, 0.5) is 11.6 Å². The topological polar surface area (TPSA) is 65.3 Å². The largest absolute Gasteiger partial charge is 0.352 e. The van der Waals surface area contributed by atoms with Crippen molar-refractivity contribution in [3.05, 3.63) is 129 Å². The predicted octanol–water partition coefficient (Wildman–Crippen LogP) is 2.92. The third kappa shape index (κ3) is 163. The van der Waals surface area contributed by atoms with Crippen LogP contribution in [0.1, 0.15) is 33.4 Å². The fraction of sp³-hybridized carbons (Fsp3) is 0.0857. The van der Waals surface area contributed by atoms with E-state index >= 15 is 0 Å².